The number of fused-ring (bicyclic) bond motifs is 1. The largest absolute Gasteiger partial charge is 0.278 e. The maximum Gasteiger partial charge on any atom is 0.188 e. The van der Waals surface area contributed by atoms with E-state index in [4.69, 9.17) is 0 Å². The third-order valence-electron chi connectivity index (χ3n) is 2.99. The van der Waals surface area contributed by atoms with Gasteiger partial charge in [0, 0.05) is 12.0 Å². The molecule has 0 amide bonds. The molecule has 0 bridgehead atoms. The SMILES string of the molecule is O=S1(=O)CC/C(=N/Nc2ccc(F)cc2)c2ccsc21. The molecule has 0 saturated carbocycles. The van der Waals surface area contributed by atoms with E-state index in [2.05, 4.69) is 10.5 Å². The van der Waals surface area contributed by atoms with E-state index in [0.717, 1.165) is 0 Å². The Morgan fingerprint density at radius 1 is 1.20 bits per heavy atom. The van der Waals surface area contributed by atoms with E-state index in [1.165, 1.54) is 23.5 Å². The molecule has 0 radical (unpaired) electrons. The van der Waals surface area contributed by atoms with Crippen LogP contribution in [-0.4, -0.2) is 19.9 Å². The maximum absolute atomic E-state index is 12.8. The summed E-state index contributed by atoms with van der Waals surface area (Å²) in [5.41, 5.74) is 4.86. The lowest BCUT2D eigenvalue weighted by Gasteiger charge is -2.14. The third kappa shape index (κ3) is 2.46. The van der Waals surface area contributed by atoms with Crippen molar-refractivity contribution in [2.45, 2.75) is 10.6 Å². The van der Waals surface area contributed by atoms with E-state index in [1.54, 1.807) is 23.6 Å². The zero-order chi connectivity index (χ0) is 14.2. The first-order valence-corrected chi connectivity index (χ1v) is 8.48. The summed E-state index contributed by atoms with van der Waals surface area (Å²) in [7, 11) is -3.16. The molecule has 4 nitrogen and oxygen atoms in total. The van der Waals surface area contributed by atoms with Crippen molar-refractivity contribution >= 4 is 32.6 Å². The minimum absolute atomic E-state index is 0.0739. The fourth-order valence-electron chi connectivity index (χ4n) is 1.98. The molecule has 2 heterocycles. The number of thiophene rings is 1. The number of hydrogen-bond acceptors (Lipinski definition) is 5. The molecule has 0 fully saturated rings. The molecule has 1 aromatic heterocycles. The number of nitrogens with one attached hydrogen (secondary N) is 1. The van der Waals surface area contributed by atoms with Gasteiger partial charge in [-0.25, -0.2) is 12.8 Å². The number of halogens is 1. The first-order chi connectivity index (χ1) is 9.56. The second-order valence-corrected chi connectivity index (χ2v) is 7.59. The standard InChI is InChI=1S/C13H11FN2O2S2/c14-9-1-3-10(4-2-9)15-16-12-6-8-20(17,18)13-11(12)5-7-19-13/h1-5,7,15H,6,8H2/b16-12-. The lowest BCUT2D eigenvalue weighted by molar-refractivity contribution is 0.597. The topological polar surface area (TPSA) is 58.5 Å². The third-order valence-corrected chi connectivity index (χ3v) is 6.28. The van der Waals surface area contributed by atoms with Crippen molar-refractivity contribution < 1.29 is 12.8 Å². The minimum Gasteiger partial charge on any atom is -0.278 e. The van der Waals surface area contributed by atoms with Crippen LogP contribution in [-0.2, 0) is 9.84 Å². The van der Waals surface area contributed by atoms with Crippen LogP contribution in [0.3, 0.4) is 0 Å². The first-order valence-electron chi connectivity index (χ1n) is 5.95. The van der Waals surface area contributed by atoms with Crippen LogP contribution in [0.4, 0.5) is 10.1 Å². The van der Waals surface area contributed by atoms with Crippen LogP contribution >= 0.6 is 11.3 Å². The lowest BCUT2D eigenvalue weighted by Crippen LogP contribution is -2.20. The van der Waals surface area contributed by atoms with Crippen LogP contribution in [0.2, 0.25) is 0 Å². The lowest BCUT2D eigenvalue weighted by atomic mass is 10.1. The van der Waals surface area contributed by atoms with Crippen molar-refractivity contribution in [3.05, 3.63) is 47.1 Å². The predicted octanol–water partition coefficient (Wildman–Crippen LogP) is 2.88. The Morgan fingerprint density at radius 3 is 2.70 bits per heavy atom. The monoisotopic (exact) mass is 310 g/mol. The van der Waals surface area contributed by atoms with Crippen LogP contribution in [0, 0.1) is 5.82 Å². The molecule has 0 unspecified atom stereocenters. The minimum atomic E-state index is -3.16. The fourth-order valence-corrected chi connectivity index (χ4v) is 4.79. The van der Waals surface area contributed by atoms with Gasteiger partial charge in [-0.1, -0.05) is 0 Å². The van der Waals surface area contributed by atoms with Gasteiger partial charge in [0.15, 0.2) is 9.84 Å². The van der Waals surface area contributed by atoms with Gasteiger partial charge < -0.3 is 0 Å². The van der Waals surface area contributed by atoms with Crippen molar-refractivity contribution in [2.75, 3.05) is 11.2 Å². The van der Waals surface area contributed by atoms with E-state index in [1.807, 2.05) is 0 Å². The number of anilines is 1. The van der Waals surface area contributed by atoms with E-state index < -0.39 is 9.84 Å². The summed E-state index contributed by atoms with van der Waals surface area (Å²) in [5, 5.41) is 6.00. The number of sulfone groups is 1. The molecule has 0 aliphatic carbocycles. The maximum atomic E-state index is 12.8. The van der Waals surface area contributed by atoms with Crippen LogP contribution < -0.4 is 5.43 Å². The highest BCUT2D eigenvalue weighted by Crippen LogP contribution is 2.30. The number of nitrogens with zero attached hydrogens (tertiary/aromatic N) is 1. The van der Waals surface area contributed by atoms with E-state index in [9.17, 15) is 12.8 Å². The Kier molecular flexibility index (Phi) is 3.31. The highest BCUT2D eigenvalue weighted by atomic mass is 32.2. The predicted molar refractivity (Wildman–Crippen MR) is 77.5 cm³/mol. The Labute approximate surface area is 119 Å². The molecule has 1 aliphatic heterocycles. The number of rotatable bonds is 2. The van der Waals surface area contributed by atoms with E-state index in [-0.39, 0.29) is 11.6 Å². The van der Waals surface area contributed by atoms with Gasteiger partial charge in [-0.05, 0) is 35.7 Å². The molecule has 1 aromatic carbocycles. The number of hydrazone groups is 1. The summed E-state index contributed by atoms with van der Waals surface area (Å²) in [6.07, 6.45) is 0.375. The second-order valence-electron chi connectivity index (χ2n) is 4.37. The molecular weight excluding hydrogens is 299 g/mol. The summed E-state index contributed by atoms with van der Waals surface area (Å²) < 4.78 is 36.9. The van der Waals surface area contributed by atoms with Gasteiger partial charge in [-0.2, -0.15) is 5.10 Å². The van der Waals surface area contributed by atoms with Crippen molar-refractivity contribution in [1.29, 1.82) is 0 Å². The van der Waals surface area contributed by atoms with Gasteiger partial charge in [0.1, 0.15) is 10.0 Å². The quantitative estimate of drug-likeness (QED) is 0.868. The molecular formula is C13H11FN2O2S2. The van der Waals surface area contributed by atoms with Gasteiger partial charge in [0.2, 0.25) is 0 Å². The molecule has 2 aromatic rings. The molecule has 1 aliphatic rings. The van der Waals surface area contributed by atoms with Crippen molar-refractivity contribution in [3.63, 3.8) is 0 Å². The highest BCUT2D eigenvalue weighted by Gasteiger charge is 2.28. The molecule has 0 spiro atoms. The Hall–Kier alpha value is -1.73. The fraction of sp³-hybridized carbons (Fsp3) is 0.154. The van der Waals surface area contributed by atoms with Crippen LogP contribution in [0.5, 0.6) is 0 Å². The summed E-state index contributed by atoms with van der Waals surface area (Å²) in [6, 6.07) is 7.59. The number of benzene rings is 1. The van der Waals surface area contributed by atoms with Gasteiger partial charge in [-0.3, -0.25) is 5.43 Å². The molecule has 104 valence electrons. The van der Waals surface area contributed by atoms with E-state index >= 15 is 0 Å². The van der Waals surface area contributed by atoms with Crippen LogP contribution in [0.1, 0.15) is 12.0 Å². The molecule has 0 atom stereocenters. The van der Waals surface area contributed by atoms with Gasteiger partial charge in [0.05, 0.1) is 17.2 Å². The summed E-state index contributed by atoms with van der Waals surface area (Å²) in [5.74, 6) is -0.239. The average Bonchev–Trinajstić information content (AvgIpc) is 2.91. The zero-order valence-corrected chi connectivity index (χ0v) is 12.0. The van der Waals surface area contributed by atoms with Crippen LogP contribution in [0.15, 0.2) is 45.0 Å². The van der Waals surface area contributed by atoms with Crippen molar-refractivity contribution in [3.8, 4) is 0 Å². The summed E-state index contributed by atoms with van der Waals surface area (Å²) >= 11 is 1.21. The number of hydrogen-bond donors (Lipinski definition) is 1. The average molecular weight is 310 g/mol. The van der Waals surface area contributed by atoms with E-state index in [0.29, 0.717) is 27.6 Å². The smallest absolute Gasteiger partial charge is 0.188 e. The normalized spacial score (nSPS) is 18.8. The van der Waals surface area contributed by atoms with Crippen LogP contribution in [0.25, 0.3) is 0 Å². The Bertz CT molecular complexity index is 764. The van der Waals surface area contributed by atoms with Crippen molar-refractivity contribution in [2.24, 2.45) is 5.10 Å². The summed E-state index contributed by atoms with van der Waals surface area (Å²) in [6.45, 7) is 0. The summed E-state index contributed by atoms with van der Waals surface area (Å²) in [4.78, 5) is 0. The first kappa shape index (κ1) is 13.3. The van der Waals surface area contributed by atoms with Gasteiger partial charge in [-0.15, -0.1) is 11.3 Å². The van der Waals surface area contributed by atoms with Gasteiger partial charge >= 0.3 is 0 Å². The van der Waals surface area contributed by atoms with Gasteiger partial charge in [0.25, 0.3) is 0 Å². The molecule has 1 N–H and O–H groups in total. The molecule has 3 rings (SSSR count). The molecule has 7 heteroatoms. The Balaban J connectivity index is 1.89. The van der Waals surface area contributed by atoms with Crippen molar-refractivity contribution in [1.82, 2.24) is 0 Å². The molecule has 0 saturated heterocycles. The second kappa shape index (κ2) is 4.99. The zero-order valence-electron chi connectivity index (χ0n) is 10.3. The Morgan fingerprint density at radius 2 is 1.95 bits per heavy atom. The highest BCUT2D eigenvalue weighted by molar-refractivity contribution is 7.93. The molecule has 20 heavy (non-hydrogen) atoms.